The Morgan fingerprint density at radius 3 is 2.56 bits per heavy atom. The first-order valence-electron chi connectivity index (χ1n) is 5.29. The molecule has 1 fully saturated rings. The van der Waals surface area contributed by atoms with Gasteiger partial charge in [0, 0.05) is 31.6 Å². The van der Waals surface area contributed by atoms with E-state index < -0.39 is 24.9 Å². The Balaban J connectivity index is 2.42. The first kappa shape index (κ1) is 13.3. The molecule has 0 spiro atoms. The minimum absolute atomic E-state index is 0.216. The summed E-state index contributed by atoms with van der Waals surface area (Å²) >= 11 is 0. The number of carbonyl (C=O) groups is 1. The molecule has 1 rings (SSSR count). The summed E-state index contributed by atoms with van der Waals surface area (Å²) in [7, 11) is 0. The number of nitrogens with one attached hydrogen (secondary N) is 1. The lowest BCUT2D eigenvalue weighted by molar-refractivity contribution is -0.150. The molecule has 1 aliphatic heterocycles. The smallest absolute Gasteiger partial charge is 0.340 e. The van der Waals surface area contributed by atoms with E-state index in [4.69, 9.17) is 0 Å². The molecule has 1 saturated heterocycles. The van der Waals surface area contributed by atoms with Crippen LogP contribution in [0.1, 0.15) is 26.7 Å². The molecule has 0 aromatic carbocycles. The minimum atomic E-state index is -4.25. The highest BCUT2D eigenvalue weighted by atomic mass is 19.4. The van der Waals surface area contributed by atoms with Crippen molar-refractivity contribution in [2.45, 2.75) is 38.4 Å². The van der Waals surface area contributed by atoms with Gasteiger partial charge in [-0.15, -0.1) is 0 Å². The summed E-state index contributed by atoms with van der Waals surface area (Å²) in [6.45, 7) is 5.43. The predicted molar refractivity (Wildman–Crippen MR) is 54.0 cm³/mol. The summed E-state index contributed by atoms with van der Waals surface area (Å²) in [4.78, 5) is 13.0. The zero-order chi connectivity index (χ0) is 12.4. The normalized spacial score (nSPS) is 20.9. The van der Waals surface area contributed by atoms with Crippen molar-refractivity contribution in [3.05, 3.63) is 0 Å². The van der Waals surface area contributed by atoms with Crippen LogP contribution in [0.4, 0.5) is 13.2 Å². The second kappa shape index (κ2) is 4.61. The molecule has 1 heterocycles. The largest absolute Gasteiger partial charge is 0.389 e. The molecule has 0 unspecified atom stereocenters. The van der Waals surface area contributed by atoms with E-state index in [1.165, 1.54) is 4.90 Å². The lowest BCUT2D eigenvalue weighted by Crippen LogP contribution is -2.58. The topological polar surface area (TPSA) is 32.3 Å². The van der Waals surface area contributed by atoms with Gasteiger partial charge < -0.3 is 10.2 Å². The fourth-order valence-electron chi connectivity index (χ4n) is 1.76. The van der Waals surface area contributed by atoms with Crippen molar-refractivity contribution in [1.29, 1.82) is 0 Å². The number of alkyl halides is 3. The van der Waals surface area contributed by atoms with E-state index in [0.29, 0.717) is 19.6 Å². The van der Waals surface area contributed by atoms with Crippen molar-refractivity contribution in [2.24, 2.45) is 0 Å². The molecule has 6 heteroatoms. The molecular formula is C10H17F3N2O. The van der Waals surface area contributed by atoms with Crippen LogP contribution >= 0.6 is 0 Å². The van der Waals surface area contributed by atoms with E-state index >= 15 is 0 Å². The number of hydrogen-bond donors (Lipinski definition) is 1. The Bertz CT molecular complexity index is 263. The molecule has 0 atom stereocenters. The molecule has 0 bridgehead atoms. The molecule has 3 nitrogen and oxygen atoms in total. The first-order valence-corrected chi connectivity index (χ1v) is 5.29. The van der Waals surface area contributed by atoms with Crippen LogP contribution in [0.15, 0.2) is 0 Å². The average molecular weight is 238 g/mol. The summed E-state index contributed by atoms with van der Waals surface area (Å²) < 4.78 is 35.9. The average Bonchev–Trinajstić information content (AvgIpc) is 2.11. The van der Waals surface area contributed by atoms with Gasteiger partial charge in [0.25, 0.3) is 0 Å². The number of halogens is 3. The summed E-state index contributed by atoms with van der Waals surface area (Å²) in [6, 6.07) is 0. The fraction of sp³-hybridized carbons (Fsp3) is 0.900. The third-order valence-electron chi connectivity index (χ3n) is 2.55. The van der Waals surface area contributed by atoms with Crippen LogP contribution in [0.3, 0.4) is 0 Å². The fourth-order valence-corrected chi connectivity index (χ4v) is 1.76. The van der Waals surface area contributed by atoms with Gasteiger partial charge in [-0.05, 0) is 13.8 Å². The van der Waals surface area contributed by atoms with Gasteiger partial charge in [0.05, 0.1) is 6.42 Å². The van der Waals surface area contributed by atoms with Crippen molar-refractivity contribution in [2.75, 3.05) is 19.6 Å². The van der Waals surface area contributed by atoms with Crippen LogP contribution in [-0.4, -0.2) is 42.2 Å². The van der Waals surface area contributed by atoms with Gasteiger partial charge in [0.2, 0.25) is 5.91 Å². The highest BCUT2D eigenvalue weighted by molar-refractivity contribution is 5.76. The zero-order valence-corrected chi connectivity index (χ0v) is 9.52. The van der Waals surface area contributed by atoms with E-state index in [1.54, 1.807) is 0 Å². The quantitative estimate of drug-likeness (QED) is 0.791. The number of rotatable bonds is 2. The second-order valence-corrected chi connectivity index (χ2v) is 4.74. The molecule has 1 N–H and O–H groups in total. The van der Waals surface area contributed by atoms with Gasteiger partial charge in [-0.25, -0.2) is 0 Å². The number of amides is 1. The Morgan fingerprint density at radius 2 is 2.06 bits per heavy atom. The highest BCUT2D eigenvalue weighted by Crippen LogP contribution is 2.22. The maximum atomic E-state index is 12.0. The van der Waals surface area contributed by atoms with Crippen LogP contribution < -0.4 is 5.32 Å². The number of piperazine rings is 1. The van der Waals surface area contributed by atoms with E-state index in [2.05, 4.69) is 5.32 Å². The van der Waals surface area contributed by atoms with Crippen LogP contribution in [0, 0.1) is 0 Å². The summed E-state index contributed by atoms with van der Waals surface area (Å²) in [5, 5.41) is 3.20. The first-order chi connectivity index (χ1) is 7.20. The van der Waals surface area contributed by atoms with E-state index in [9.17, 15) is 18.0 Å². The Kier molecular flexibility index (Phi) is 3.83. The van der Waals surface area contributed by atoms with E-state index in [-0.39, 0.29) is 5.54 Å². The molecular weight excluding hydrogens is 221 g/mol. The van der Waals surface area contributed by atoms with Crippen LogP contribution in [0.5, 0.6) is 0 Å². The number of hydrogen-bond acceptors (Lipinski definition) is 2. The number of carbonyl (C=O) groups excluding carboxylic acids is 1. The van der Waals surface area contributed by atoms with Crippen molar-refractivity contribution in [3.8, 4) is 0 Å². The van der Waals surface area contributed by atoms with Gasteiger partial charge in [-0.2, -0.15) is 13.2 Å². The van der Waals surface area contributed by atoms with Crippen LogP contribution in [0.2, 0.25) is 0 Å². The molecule has 0 saturated carbocycles. The lowest BCUT2D eigenvalue weighted by Gasteiger charge is -2.39. The van der Waals surface area contributed by atoms with Gasteiger partial charge >= 0.3 is 6.18 Å². The van der Waals surface area contributed by atoms with Crippen molar-refractivity contribution in [3.63, 3.8) is 0 Å². The summed E-state index contributed by atoms with van der Waals surface area (Å²) in [5.74, 6) is -0.410. The standard InChI is InChI=1S/C10H17F3N2O/c1-9(2)7-15(6-5-14-9)8(16)3-4-10(11,12)13/h14H,3-7H2,1-2H3. The van der Waals surface area contributed by atoms with Gasteiger partial charge in [0.1, 0.15) is 0 Å². The van der Waals surface area contributed by atoms with Crippen molar-refractivity contribution < 1.29 is 18.0 Å². The number of nitrogens with zero attached hydrogens (tertiary/aromatic N) is 1. The molecule has 1 aliphatic rings. The van der Waals surface area contributed by atoms with Crippen LogP contribution in [0.25, 0.3) is 0 Å². The summed E-state index contributed by atoms with van der Waals surface area (Å²) in [6.07, 6.45) is -5.73. The molecule has 94 valence electrons. The third kappa shape index (κ3) is 4.38. The lowest BCUT2D eigenvalue weighted by atomic mass is 10.0. The van der Waals surface area contributed by atoms with Gasteiger partial charge in [0.15, 0.2) is 0 Å². The monoisotopic (exact) mass is 238 g/mol. The minimum Gasteiger partial charge on any atom is -0.340 e. The Hall–Kier alpha value is -0.780. The van der Waals surface area contributed by atoms with Gasteiger partial charge in [-0.3, -0.25) is 4.79 Å². The Morgan fingerprint density at radius 1 is 1.44 bits per heavy atom. The van der Waals surface area contributed by atoms with Crippen molar-refractivity contribution in [1.82, 2.24) is 10.2 Å². The van der Waals surface area contributed by atoms with Crippen LogP contribution in [-0.2, 0) is 4.79 Å². The molecule has 0 aliphatic carbocycles. The maximum Gasteiger partial charge on any atom is 0.389 e. The molecule has 0 aromatic heterocycles. The molecule has 0 aromatic rings. The van der Waals surface area contributed by atoms with E-state index in [0.717, 1.165) is 0 Å². The van der Waals surface area contributed by atoms with E-state index in [1.807, 2.05) is 13.8 Å². The maximum absolute atomic E-state index is 12.0. The second-order valence-electron chi connectivity index (χ2n) is 4.74. The zero-order valence-electron chi connectivity index (χ0n) is 9.52. The third-order valence-corrected chi connectivity index (χ3v) is 2.55. The predicted octanol–water partition coefficient (Wildman–Crippen LogP) is 1.54. The molecule has 1 amide bonds. The SMILES string of the molecule is CC1(C)CN(C(=O)CCC(F)(F)F)CCN1. The molecule has 16 heavy (non-hydrogen) atoms. The van der Waals surface area contributed by atoms with Crippen molar-refractivity contribution >= 4 is 5.91 Å². The highest BCUT2D eigenvalue weighted by Gasteiger charge is 2.32. The summed E-state index contributed by atoms with van der Waals surface area (Å²) in [5.41, 5.74) is -0.216. The molecule has 0 radical (unpaired) electrons. The van der Waals surface area contributed by atoms with Gasteiger partial charge in [-0.1, -0.05) is 0 Å². The Labute approximate surface area is 93.0 Å².